The van der Waals surface area contributed by atoms with Crippen LogP contribution in [0.25, 0.3) is 10.4 Å². The zero-order valence-electron chi connectivity index (χ0n) is 19.3. The molecule has 0 bridgehead atoms. The predicted molar refractivity (Wildman–Crippen MR) is 120 cm³/mol. The lowest BCUT2D eigenvalue weighted by molar-refractivity contribution is -0.142. The van der Waals surface area contributed by atoms with E-state index in [4.69, 9.17) is 4.74 Å². The zero-order chi connectivity index (χ0) is 25.9. The largest absolute Gasteiger partial charge is 0.461 e. The van der Waals surface area contributed by atoms with Crippen LogP contribution in [0.15, 0.2) is 12.3 Å². The van der Waals surface area contributed by atoms with Crippen molar-refractivity contribution in [1.29, 1.82) is 0 Å². The Hall–Kier alpha value is -2.83. The van der Waals surface area contributed by atoms with Crippen molar-refractivity contribution < 1.29 is 36.3 Å². The van der Waals surface area contributed by atoms with Gasteiger partial charge >= 0.3 is 12.1 Å². The van der Waals surface area contributed by atoms with E-state index in [9.17, 15) is 31.5 Å². The van der Waals surface area contributed by atoms with Crippen molar-refractivity contribution in [3.8, 4) is 10.4 Å². The van der Waals surface area contributed by atoms with Crippen LogP contribution in [-0.4, -0.2) is 58.2 Å². The number of anilines is 1. The van der Waals surface area contributed by atoms with E-state index in [2.05, 4.69) is 15.3 Å². The van der Waals surface area contributed by atoms with Crippen molar-refractivity contribution in [2.24, 2.45) is 0 Å². The van der Waals surface area contributed by atoms with Gasteiger partial charge in [-0.1, -0.05) is 6.92 Å². The molecule has 13 heteroatoms. The number of rotatable bonds is 8. The Balaban J connectivity index is 2.09. The quantitative estimate of drug-likeness (QED) is 0.355. The van der Waals surface area contributed by atoms with Crippen LogP contribution in [0.2, 0.25) is 0 Å². The van der Waals surface area contributed by atoms with E-state index in [1.807, 2.05) is 6.92 Å². The van der Waals surface area contributed by atoms with Crippen LogP contribution in [0.5, 0.6) is 0 Å². The number of ether oxygens (including phenoxy) is 1. The Labute approximate surface area is 202 Å². The number of esters is 1. The zero-order valence-corrected chi connectivity index (χ0v) is 20.1. The highest BCUT2D eigenvalue weighted by Gasteiger charge is 2.39. The van der Waals surface area contributed by atoms with Gasteiger partial charge in [-0.3, -0.25) is 4.79 Å². The second kappa shape index (κ2) is 10.8. The highest BCUT2D eigenvalue weighted by molar-refractivity contribution is 7.17. The van der Waals surface area contributed by atoms with E-state index >= 15 is 0 Å². The minimum atomic E-state index is -4.60. The average Bonchev–Trinajstić information content (AvgIpc) is 3.43. The number of hydrogen-bond acceptors (Lipinski definition) is 7. The van der Waals surface area contributed by atoms with Gasteiger partial charge in [0.2, 0.25) is 5.01 Å². The smallest absolute Gasteiger partial charge is 0.408 e. The minimum absolute atomic E-state index is 0.0191. The Kier molecular flexibility index (Phi) is 8.29. The number of amides is 1. The lowest BCUT2D eigenvalue weighted by atomic mass is 10.1. The first-order chi connectivity index (χ1) is 16.5. The first-order valence-corrected chi connectivity index (χ1v) is 11.9. The number of pyridine rings is 1. The summed E-state index contributed by atoms with van der Waals surface area (Å²) in [5, 5.41) is 1.95. The first-order valence-electron chi connectivity index (χ1n) is 11.1. The summed E-state index contributed by atoms with van der Waals surface area (Å²) >= 11 is 0.702. The van der Waals surface area contributed by atoms with Gasteiger partial charge < -0.3 is 15.0 Å². The van der Waals surface area contributed by atoms with Gasteiger partial charge in [-0.25, -0.2) is 23.5 Å². The van der Waals surface area contributed by atoms with E-state index in [1.54, 1.807) is 11.8 Å². The number of nitrogens with zero attached hydrogens (tertiary/aromatic N) is 3. The van der Waals surface area contributed by atoms with Crippen molar-refractivity contribution in [3.05, 3.63) is 28.5 Å². The molecule has 1 aliphatic rings. The highest BCUT2D eigenvalue weighted by atomic mass is 32.1. The van der Waals surface area contributed by atoms with Crippen molar-refractivity contribution >= 4 is 29.0 Å². The molecule has 1 aliphatic heterocycles. The molecule has 0 aliphatic carbocycles. The maximum atomic E-state index is 14.0. The number of halogens is 5. The predicted octanol–water partition coefficient (Wildman–Crippen LogP) is 5.70. The van der Waals surface area contributed by atoms with Crippen molar-refractivity contribution in [1.82, 2.24) is 14.9 Å². The molecule has 0 aromatic carbocycles. The highest BCUT2D eigenvalue weighted by Crippen LogP contribution is 2.39. The Morgan fingerprint density at radius 3 is 2.57 bits per heavy atom. The maximum Gasteiger partial charge on any atom is 0.408 e. The summed E-state index contributed by atoms with van der Waals surface area (Å²) in [6.07, 6.45) is -5.53. The van der Waals surface area contributed by atoms with Gasteiger partial charge in [0.1, 0.15) is 17.6 Å². The summed E-state index contributed by atoms with van der Waals surface area (Å²) in [6, 6.07) is -1.25. The molecule has 1 N–H and O–H groups in total. The van der Waals surface area contributed by atoms with Gasteiger partial charge in [0.05, 0.1) is 11.5 Å². The monoisotopic (exact) mass is 520 g/mol. The average molecular weight is 521 g/mol. The maximum absolute atomic E-state index is 14.0. The summed E-state index contributed by atoms with van der Waals surface area (Å²) < 4.78 is 72.5. The van der Waals surface area contributed by atoms with Crippen LogP contribution >= 0.6 is 11.3 Å². The number of thiazole rings is 1. The normalized spacial score (nSPS) is 17.1. The topological polar surface area (TPSA) is 84.4 Å². The fourth-order valence-electron chi connectivity index (χ4n) is 3.81. The molecule has 2 aromatic heterocycles. The van der Waals surface area contributed by atoms with Crippen LogP contribution in [0.3, 0.4) is 0 Å². The lowest BCUT2D eigenvalue weighted by Gasteiger charge is -2.22. The summed E-state index contributed by atoms with van der Waals surface area (Å²) in [6.45, 7) is 5.23. The second-order valence-electron chi connectivity index (χ2n) is 8.01. The molecular weight excluding hydrogens is 495 g/mol. The number of likely N-dealkylation sites (tertiary alicyclic amines) is 1. The minimum Gasteiger partial charge on any atom is -0.461 e. The fourth-order valence-corrected chi connectivity index (χ4v) is 4.80. The Bertz CT molecular complexity index is 1080. The Morgan fingerprint density at radius 1 is 1.31 bits per heavy atom. The van der Waals surface area contributed by atoms with E-state index in [0.717, 1.165) is 25.1 Å². The molecule has 2 aromatic rings. The van der Waals surface area contributed by atoms with Crippen molar-refractivity contribution in [3.63, 3.8) is 0 Å². The van der Waals surface area contributed by atoms with Crippen molar-refractivity contribution in [2.45, 2.75) is 64.7 Å². The lowest BCUT2D eigenvalue weighted by Crippen LogP contribution is -2.35. The molecule has 1 amide bonds. The van der Waals surface area contributed by atoms with Crippen molar-refractivity contribution in [2.75, 3.05) is 18.5 Å². The number of nitrogens with one attached hydrogen (secondary N) is 1. The van der Waals surface area contributed by atoms with E-state index in [1.165, 1.54) is 6.92 Å². The molecule has 2 unspecified atom stereocenters. The molecule has 3 heterocycles. The van der Waals surface area contributed by atoms with Gasteiger partial charge in [-0.05, 0) is 39.2 Å². The van der Waals surface area contributed by atoms with Gasteiger partial charge in [-0.2, -0.15) is 13.2 Å². The van der Waals surface area contributed by atoms with Crippen LogP contribution in [0, 0.1) is 0 Å². The molecule has 192 valence electrons. The molecular formula is C22H25F5N4O3S. The third kappa shape index (κ3) is 5.88. The van der Waals surface area contributed by atoms with E-state index < -0.39 is 36.1 Å². The summed E-state index contributed by atoms with van der Waals surface area (Å²) in [7, 11) is 0. The summed E-state index contributed by atoms with van der Waals surface area (Å²) in [5.41, 5.74) is -1.02. The molecule has 3 rings (SSSR count). The molecule has 1 saturated heterocycles. The van der Waals surface area contributed by atoms with Crippen LogP contribution < -0.4 is 5.32 Å². The number of carbonyl (C=O) groups is 2. The SMILES string of the molecule is CCOC(=O)c1nc(C(=O)N2CCCC2C)c(-c2cnc(NC(CC)C(F)(F)F)cc2C(F)F)s1. The van der Waals surface area contributed by atoms with Crippen LogP contribution in [0.4, 0.5) is 27.8 Å². The van der Waals surface area contributed by atoms with Gasteiger partial charge in [0.15, 0.2) is 0 Å². The molecule has 0 radical (unpaired) electrons. The third-order valence-corrected chi connectivity index (χ3v) is 6.70. The summed E-state index contributed by atoms with van der Waals surface area (Å²) in [4.78, 5) is 35.1. The van der Waals surface area contributed by atoms with E-state index in [0.29, 0.717) is 17.9 Å². The molecule has 0 saturated carbocycles. The number of hydrogen-bond donors (Lipinski definition) is 1. The summed E-state index contributed by atoms with van der Waals surface area (Å²) in [5.74, 6) is -1.72. The molecule has 2 atom stereocenters. The standard InChI is InChI=1S/C22H25F5N4O3S/c1-4-14(22(25,26)27)29-15-9-12(18(23)24)13(10-28-15)17-16(20(32)31-8-6-7-11(31)3)30-19(35-17)21(33)34-5-2/h9-11,14,18H,4-8H2,1-3H3,(H,28,29). The number of carbonyl (C=O) groups excluding carboxylic acids is 2. The van der Waals surface area contributed by atoms with E-state index in [-0.39, 0.29) is 46.0 Å². The molecule has 7 nitrogen and oxygen atoms in total. The number of alkyl halides is 5. The van der Waals surface area contributed by atoms with Gasteiger partial charge in [0.25, 0.3) is 12.3 Å². The van der Waals surface area contributed by atoms with Crippen LogP contribution in [-0.2, 0) is 4.74 Å². The number of aromatic nitrogens is 2. The van der Waals surface area contributed by atoms with Gasteiger partial charge in [-0.15, -0.1) is 11.3 Å². The third-order valence-electron chi connectivity index (χ3n) is 5.63. The first kappa shape index (κ1) is 26.8. The molecule has 0 spiro atoms. The molecule has 35 heavy (non-hydrogen) atoms. The van der Waals surface area contributed by atoms with Gasteiger partial charge in [0, 0.05) is 29.9 Å². The molecule has 1 fully saturated rings. The fraction of sp³-hybridized carbons (Fsp3) is 0.545. The van der Waals surface area contributed by atoms with Crippen LogP contribution in [0.1, 0.15) is 72.3 Å². The Morgan fingerprint density at radius 2 is 2.03 bits per heavy atom. The second-order valence-corrected chi connectivity index (χ2v) is 9.01.